The van der Waals surface area contributed by atoms with Gasteiger partial charge in [0, 0.05) is 6.42 Å². The fourth-order valence-corrected chi connectivity index (χ4v) is 2.58. The van der Waals surface area contributed by atoms with Crippen molar-refractivity contribution in [2.75, 3.05) is 6.61 Å². The molecule has 1 aromatic carbocycles. The van der Waals surface area contributed by atoms with Gasteiger partial charge in [-0.05, 0) is 42.2 Å². The maximum Gasteiger partial charge on any atom is 0.147 e. The Hall–Kier alpha value is -1.35. The Kier molecular flexibility index (Phi) is 2.04. The quantitative estimate of drug-likeness (QED) is 0.786. The highest BCUT2D eigenvalue weighted by Crippen LogP contribution is 2.43. The van der Waals surface area contributed by atoms with E-state index >= 15 is 0 Å². The molecule has 0 radical (unpaired) electrons. The molecule has 2 aliphatic rings. The second-order valence-electron chi connectivity index (χ2n) is 4.37. The zero-order valence-electron chi connectivity index (χ0n) is 8.87. The fraction of sp³-hybridized carbons (Fsp3) is 0.385. The molecule has 0 saturated heterocycles. The van der Waals surface area contributed by atoms with Crippen molar-refractivity contribution in [3.63, 3.8) is 0 Å². The van der Waals surface area contributed by atoms with Crippen molar-refractivity contribution >= 4 is 0 Å². The van der Waals surface area contributed by atoms with Gasteiger partial charge in [-0.3, -0.25) is 0 Å². The smallest absolute Gasteiger partial charge is 0.147 e. The molecule has 2 nitrogen and oxygen atoms in total. The van der Waals surface area contributed by atoms with E-state index in [2.05, 4.69) is 0 Å². The van der Waals surface area contributed by atoms with Gasteiger partial charge in [-0.25, -0.2) is 4.39 Å². The predicted octanol–water partition coefficient (Wildman–Crippen LogP) is 2.26. The lowest BCUT2D eigenvalue weighted by molar-refractivity contribution is 0.0172. The SMILES string of the molecule is OC1(C2=CCCO2)CCc2cc(F)ccc21. The molecule has 1 aliphatic heterocycles. The minimum Gasteiger partial charge on any atom is -0.494 e. The van der Waals surface area contributed by atoms with Crippen molar-refractivity contribution in [1.29, 1.82) is 0 Å². The van der Waals surface area contributed by atoms with Crippen molar-refractivity contribution in [3.8, 4) is 0 Å². The summed E-state index contributed by atoms with van der Waals surface area (Å²) in [5.41, 5.74) is 0.653. The molecular formula is C13H13FO2. The Balaban J connectivity index is 2.07. The monoisotopic (exact) mass is 220 g/mol. The van der Waals surface area contributed by atoms with E-state index in [0.717, 1.165) is 17.5 Å². The lowest BCUT2D eigenvalue weighted by atomic mass is 9.93. The highest BCUT2D eigenvalue weighted by Gasteiger charge is 2.42. The molecule has 84 valence electrons. The predicted molar refractivity (Wildman–Crippen MR) is 57.3 cm³/mol. The van der Waals surface area contributed by atoms with Gasteiger partial charge in [0.15, 0.2) is 0 Å². The highest BCUT2D eigenvalue weighted by molar-refractivity contribution is 5.42. The van der Waals surface area contributed by atoms with Gasteiger partial charge in [-0.2, -0.15) is 0 Å². The largest absolute Gasteiger partial charge is 0.494 e. The van der Waals surface area contributed by atoms with Gasteiger partial charge in [0.1, 0.15) is 17.2 Å². The van der Waals surface area contributed by atoms with Crippen LogP contribution in [0.2, 0.25) is 0 Å². The van der Waals surface area contributed by atoms with Crippen LogP contribution in [0.4, 0.5) is 4.39 Å². The van der Waals surface area contributed by atoms with E-state index in [0.29, 0.717) is 25.2 Å². The van der Waals surface area contributed by atoms with Gasteiger partial charge in [0.05, 0.1) is 6.61 Å². The Morgan fingerprint density at radius 3 is 3.00 bits per heavy atom. The van der Waals surface area contributed by atoms with E-state index in [4.69, 9.17) is 4.74 Å². The third-order valence-electron chi connectivity index (χ3n) is 3.38. The van der Waals surface area contributed by atoms with Crippen molar-refractivity contribution in [2.24, 2.45) is 0 Å². The summed E-state index contributed by atoms with van der Waals surface area (Å²) < 4.78 is 18.5. The van der Waals surface area contributed by atoms with Crippen LogP contribution in [-0.2, 0) is 16.8 Å². The van der Waals surface area contributed by atoms with Crippen LogP contribution >= 0.6 is 0 Å². The first-order chi connectivity index (χ1) is 7.70. The van der Waals surface area contributed by atoms with E-state index in [9.17, 15) is 9.50 Å². The lowest BCUT2D eigenvalue weighted by Gasteiger charge is -2.24. The number of fused-ring (bicyclic) bond motifs is 1. The number of aryl methyl sites for hydroxylation is 1. The van der Waals surface area contributed by atoms with Gasteiger partial charge in [-0.15, -0.1) is 0 Å². The highest BCUT2D eigenvalue weighted by atomic mass is 19.1. The Morgan fingerprint density at radius 1 is 1.38 bits per heavy atom. The zero-order valence-corrected chi connectivity index (χ0v) is 8.87. The van der Waals surface area contributed by atoms with Gasteiger partial charge in [0.2, 0.25) is 0 Å². The molecule has 3 heteroatoms. The summed E-state index contributed by atoms with van der Waals surface area (Å²) in [7, 11) is 0. The Bertz CT molecular complexity index is 467. The fourth-order valence-electron chi connectivity index (χ4n) is 2.58. The molecule has 0 aromatic heterocycles. The van der Waals surface area contributed by atoms with Gasteiger partial charge >= 0.3 is 0 Å². The molecule has 1 unspecified atom stereocenters. The number of hydrogen-bond donors (Lipinski definition) is 1. The van der Waals surface area contributed by atoms with E-state index in [1.165, 1.54) is 12.1 Å². The summed E-state index contributed by atoms with van der Waals surface area (Å²) in [5.74, 6) is 0.391. The molecule has 0 bridgehead atoms. The lowest BCUT2D eigenvalue weighted by Crippen LogP contribution is -2.25. The second kappa shape index (κ2) is 3.32. The van der Waals surface area contributed by atoms with Crippen LogP contribution < -0.4 is 0 Å². The maximum atomic E-state index is 13.1. The van der Waals surface area contributed by atoms with Crippen molar-refractivity contribution in [3.05, 3.63) is 47.0 Å². The molecule has 1 aliphatic carbocycles. The van der Waals surface area contributed by atoms with E-state index in [1.807, 2.05) is 6.08 Å². The Labute approximate surface area is 93.4 Å². The van der Waals surface area contributed by atoms with E-state index in [-0.39, 0.29) is 5.82 Å². The van der Waals surface area contributed by atoms with Crippen LogP contribution in [0.5, 0.6) is 0 Å². The average Bonchev–Trinajstić information content (AvgIpc) is 2.87. The summed E-state index contributed by atoms with van der Waals surface area (Å²) in [6.07, 6.45) is 4.05. The van der Waals surface area contributed by atoms with Crippen LogP contribution in [0, 0.1) is 5.82 Å². The molecule has 1 N–H and O–H groups in total. The van der Waals surface area contributed by atoms with Gasteiger partial charge < -0.3 is 9.84 Å². The standard InChI is InChI=1S/C13H13FO2/c14-10-3-4-11-9(8-10)5-6-13(11,15)12-2-1-7-16-12/h2-4,8,15H,1,5-7H2. The second-order valence-corrected chi connectivity index (χ2v) is 4.37. The molecule has 3 rings (SSSR count). The maximum absolute atomic E-state index is 13.1. The summed E-state index contributed by atoms with van der Waals surface area (Å²) >= 11 is 0. The minimum absolute atomic E-state index is 0.246. The summed E-state index contributed by atoms with van der Waals surface area (Å²) in [6.45, 7) is 0.633. The molecule has 0 saturated carbocycles. The first-order valence-corrected chi connectivity index (χ1v) is 5.55. The molecule has 0 spiro atoms. The van der Waals surface area contributed by atoms with Crippen LogP contribution in [0.15, 0.2) is 30.0 Å². The molecule has 0 amide bonds. The molecule has 16 heavy (non-hydrogen) atoms. The zero-order chi connectivity index (χ0) is 11.2. The molecule has 1 heterocycles. The summed E-state index contributed by atoms with van der Waals surface area (Å²) in [4.78, 5) is 0. The average molecular weight is 220 g/mol. The normalized spacial score (nSPS) is 27.5. The molecule has 1 aromatic rings. The summed E-state index contributed by atoms with van der Waals surface area (Å²) in [5, 5.41) is 10.6. The van der Waals surface area contributed by atoms with Crippen molar-refractivity contribution in [1.82, 2.24) is 0 Å². The van der Waals surface area contributed by atoms with Crippen LogP contribution in [0.1, 0.15) is 24.0 Å². The van der Waals surface area contributed by atoms with Crippen LogP contribution in [0.25, 0.3) is 0 Å². The Morgan fingerprint density at radius 2 is 2.25 bits per heavy atom. The van der Waals surface area contributed by atoms with Crippen molar-refractivity contribution in [2.45, 2.75) is 24.9 Å². The van der Waals surface area contributed by atoms with Gasteiger partial charge in [0.25, 0.3) is 0 Å². The third kappa shape index (κ3) is 1.28. The minimum atomic E-state index is -1.03. The topological polar surface area (TPSA) is 29.5 Å². The first-order valence-electron chi connectivity index (χ1n) is 5.55. The van der Waals surface area contributed by atoms with Crippen LogP contribution in [0.3, 0.4) is 0 Å². The number of rotatable bonds is 1. The molecule has 0 fully saturated rings. The molecule has 1 atom stereocenters. The van der Waals surface area contributed by atoms with Crippen LogP contribution in [-0.4, -0.2) is 11.7 Å². The van der Waals surface area contributed by atoms with E-state index in [1.54, 1.807) is 6.07 Å². The van der Waals surface area contributed by atoms with Crippen molar-refractivity contribution < 1.29 is 14.2 Å². The molecular weight excluding hydrogens is 207 g/mol. The number of benzene rings is 1. The summed E-state index contributed by atoms with van der Waals surface area (Å²) in [6, 6.07) is 4.56. The number of aliphatic hydroxyl groups is 1. The number of ether oxygens (including phenoxy) is 1. The first kappa shape index (κ1) is 9.85. The van der Waals surface area contributed by atoms with Gasteiger partial charge in [-0.1, -0.05) is 6.07 Å². The van der Waals surface area contributed by atoms with E-state index < -0.39 is 5.60 Å². The third-order valence-corrected chi connectivity index (χ3v) is 3.38. The number of halogens is 1. The number of hydrogen-bond acceptors (Lipinski definition) is 2.